The molecule has 0 radical (unpaired) electrons. The quantitative estimate of drug-likeness (QED) is 0.331. The molecule has 4 amide bonds. The lowest BCUT2D eigenvalue weighted by Gasteiger charge is -2.44. The van der Waals surface area contributed by atoms with E-state index in [0.717, 1.165) is 5.56 Å². The van der Waals surface area contributed by atoms with Crippen LogP contribution in [0.15, 0.2) is 48.5 Å². The molecule has 0 fully saturated rings. The maximum atomic E-state index is 14.3. The Morgan fingerprint density at radius 2 is 1.62 bits per heavy atom. The van der Waals surface area contributed by atoms with E-state index in [-0.39, 0.29) is 17.9 Å². The smallest absolute Gasteiger partial charge is 0.408 e. The largest absolute Gasteiger partial charge is 0.507 e. The average molecular weight is 555 g/mol. The maximum absolute atomic E-state index is 14.3. The summed E-state index contributed by atoms with van der Waals surface area (Å²) in [6, 6.07) is 11.5. The second-order valence-corrected chi connectivity index (χ2v) is 11.4. The van der Waals surface area contributed by atoms with Crippen LogP contribution in [0.4, 0.5) is 4.79 Å². The standard InChI is InChI=1S/C30H42N4O6/c1-8-30(6,7)34(27(38)22(17-23(31)35)33-28(39)40-29(3,4)5)24(21-16-12-13-19(2)25(21)36)26(37)32-18-20-14-10-9-11-15-20/h9-16,22,24,36H,8,17-18H2,1-7H3,(H2,31,35)(H,32,37)(H,33,39). The molecule has 0 saturated heterocycles. The molecule has 2 aromatic carbocycles. The molecule has 0 aromatic heterocycles. The maximum Gasteiger partial charge on any atom is 0.408 e. The van der Waals surface area contributed by atoms with Gasteiger partial charge in [-0.15, -0.1) is 0 Å². The number of hydrogen-bond acceptors (Lipinski definition) is 6. The first-order valence-corrected chi connectivity index (χ1v) is 13.3. The Kier molecular flexibility index (Phi) is 10.7. The van der Waals surface area contributed by atoms with Crippen LogP contribution in [0.5, 0.6) is 5.75 Å². The molecule has 10 nitrogen and oxygen atoms in total. The van der Waals surface area contributed by atoms with Crippen molar-refractivity contribution in [3.8, 4) is 5.75 Å². The van der Waals surface area contributed by atoms with Crippen LogP contribution in [0, 0.1) is 6.92 Å². The molecule has 0 aliphatic carbocycles. The first kappa shape index (κ1) is 32.1. The molecule has 0 spiro atoms. The third-order valence-corrected chi connectivity index (χ3v) is 6.53. The van der Waals surface area contributed by atoms with Crippen LogP contribution in [0.3, 0.4) is 0 Å². The highest BCUT2D eigenvalue weighted by Crippen LogP contribution is 2.37. The van der Waals surface area contributed by atoms with Crippen LogP contribution >= 0.6 is 0 Å². The van der Waals surface area contributed by atoms with Gasteiger partial charge in [0.05, 0.1) is 6.42 Å². The molecule has 0 aliphatic rings. The fourth-order valence-electron chi connectivity index (χ4n) is 4.15. The number of phenolic OH excluding ortho intramolecular Hbond substituents is 1. The summed E-state index contributed by atoms with van der Waals surface area (Å²) >= 11 is 0. The summed E-state index contributed by atoms with van der Waals surface area (Å²) in [6.45, 7) is 12.2. The van der Waals surface area contributed by atoms with E-state index in [1.54, 1.807) is 59.7 Å². The van der Waals surface area contributed by atoms with Gasteiger partial charge >= 0.3 is 6.09 Å². The minimum absolute atomic E-state index is 0.140. The lowest BCUT2D eigenvalue weighted by molar-refractivity contribution is -0.150. The van der Waals surface area contributed by atoms with Crippen molar-refractivity contribution in [3.05, 3.63) is 65.2 Å². The fraction of sp³-hybridized carbons (Fsp3) is 0.467. The second kappa shape index (κ2) is 13.3. The van der Waals surface area contributed by atoms with E-state index in [9.17, 15) is 24.3 Å². The Balaban J connectivity index is 2.64. The van der Waals surface area contributed by atoms with E-state index >= 15 is 0 Å². The highest BCUT2D eigenvalue weighted by Gasteiger charge is 2.44. The van der Waals surface area contributed by atoms with Crippen LogP contribution in [0.2, 0.25) is 0 Å². The van der Waals surface area contributed by atoms with Crippen molar-refractivity contribution < 1.29 is 29.0 Å². The van der Waals surface area contributed by atoms with Gasteiger partial charge in [-0.2, -0.15) is 0 Å². The number of ether oxygens (including phenoxy) is 1. The Morgan fingerprint density at radius 1 is 1.00 bits per heavy atom. The number of aromatic hydroxyl groups is 1. The zero-order valence-corrected chi connectivity index (χ0v) is 24.4. The Labute approximate surface area is 236 Å². The number of carbonyl (C=O) groups excluding carboxylic acids is 4. The average Bonchev–Trinajstić information content (AvgIpc) is 2.86. The predicted octanol–water partition coefficient (Wildman–Crippen LogP) is 3.84. The molecule has 2 rings (SSSR count). The zero-order valence-electron chi connectivity index (χ0n) is 24.4. The van der Waals surface area contributed by atoms with Gasteiger partial charge in [0.25, 0.3) is 0 Å². The number of nitrogens with two attached hydrogens (primary N) is 1. The molecule has 5 N–H and O–H groups in total. The number of nitrogens with one attached hydrogen (secondary N) is 2. The molecule has 2 aromatic rings. The lowest BCUT2D eigenvalue weighted by Crippen LogP contribution is -2.60. The summed E-state index contributed by atoms with van der Waals surface area (Å²) in [5.74, 6) is -2.24. The minimum Gasteiger partial charge on any atom is -0.507 e. The van der Waals surface area contributed by atoms with Crippen LogP contribution in [0.1, 0.15) is 77.1 Å². The van der Waals surface area contributed by atoms with Gasteiger partial charge in [0.2, 0.25) is 17.7 Å². The number of alkyl carbamates (subject to hydrolysis) is 1. The summed E-state index contributed by atoms with van der Waals surface area (Å²) < 4.78 is 5.31. The molecular formula is C30H42N4O6. The number of nitrogens with zero attached hydrogens (tertiary/aromatic N) is 1. The molecule has 10 heteroatoms. The molecule has 2 atom stereocenters. The SMILES string of the molecule is CCC(C)(C)N(C(=O)C(CC(N)=O)NC(=O)OC(C)(C)C)C(C(=O)NCc1ccccc1)c1cccc(C)c1O. The van der Waals surface area contributed by atoms with Gasteiger partial charge in [-0.05, 0) is 59.1 Å². The van der Waals surface area contributed by atoms with Crippen molar-refractivity contribution in [1.82, 2.24) is 15.5 Å². The van der Waals surface area contributed by atoms with Gasteiger partial charge in [-0.25, -0.2) is 4.79 Å². The van der Waals surface area contributed by atoms with Gasteiger partial charge in [0.15, 0.2) is 0 Å². The first-order chi connectivity index (χ1) is 18.6. The number of primary amides is 1. The normalized spacial score (nSPS) is 13.1. The van der Waals surface area contributed by atoms with Crippen molar-refractivity contribution in [2.24, 2.45) is 5.73 Å². The van der Waals surface area contributed by atoms with Crippen LogP contribution in [0.25, 0.3) is 0 Å². The highest BCUT2D eigenvalue weighted by atomic mass is 16.6. The molecule has 40 heavy (non-hydrogen) atoms. The number of para-hydroxylation sites is 1. The van der Waals surface area contributed by atoms with E-state index in [0.29, 0.717) is 12.0 Å². The van der Waals surface area contributed by atoms with Crippen molar-refractivity contribution in [1.29, 1.82) is 0 Å². The minimum atomic E-state index is -1.42. The molecule has 218 valence electrons. The van der Waals surface area contributed by atoms with Gasteiger partial charge in [-0.1, -0.05) is 55.5 Å². The van der Waals surface area contributed by atoms with Crippen molar-refractivity contribution in [2.45, 2.75) is 91.1 Å². The van der Waals surface area contributed by atoms with Gasteiger partial charge in [0.1, 0.15) is 23.4 Å². The fourth-order valence-corrected chi connectivity index (χ4v) is 4.15. The van der Waals surface area contributed by atoms with E-state index < -0.39 is 53.5 Å². The number of aryl methyl sites for hydroxylation is 1. The van der Waals surface area contributed by atoms with E-state index in [1.165, 1.54) is 4.90 Å². The van der Waals surface area contributed by atoms with Gasteiger partial charge < -0.3 is 31.1 Å². The van der Waals surface area contributed by atoms with Crippen molar-refractivity contribution in [2.75, 3.05) is 0 Å². The Hall–Kier alpha value is -4.08. The zero-order chi connectivity index (χ0) is 30.3. The van der Waals surface area contributed by atoms with E-state index in [4.69, 9.17) is 10.5 Å². The summed E-state index contributed by atoms with van der Waals surface area (Å²) in [5.41, 5.74) is 5.19. The molecular weight excluding hydrogens is 512 g/mol. The summed E-state index contributed by atoms with van der Waals surface area (Å²) in [4.78, 5) is 54.1. The van der Waals surface area contributed by atoms with Crippen molar-refractivity contribution >= 4 is 23.8 Å². The van der Waals surface area contributed by atoms with Gasteiger partial charge in [0, 0.05) is 17.6 Å². The van der Waals surface area contributed by atoms with Crippen LogP contribution in [-0.4, -0.2) is 51.0 Å². The van der Waals surface area contributed by atoms with Crippen molar-refractivity contribution in [3.63, 3.8) is 0 Å². The number of phenols is 1. The van der Waals surface area contributed by atoms with Crippen LogP contribution in [-0.2, 0) is 25.7 Å². The molecule has 0 heterocycles. The molecule has 2 unspecified atom stereocenters. The molecule has 0 aliphatic heterocycles. The lowest BCUT2D eigenvalue weighted by atomic mass is 9.90. The molecule has 0 saturated carbocycles. The Bertz CT molecular complexity index is 1210. The summed E-state index contributed by atoms with van der Waals surface area (Å²) in [7, 11) is 0. The number of benzene rings is 2. The second-order valence-electron chi connectivity index (χ2n) is 11.4. The highest BCUT2D eigenvalue weighted by molar-refractivity contribution is 5.95. The van der Waals surface area contributed by atoms with E-state index in [1.807, 2.05) is 37.3 Å². The topological polar surface area (TPSA) is 151 Å². The monoisotopic (exact) mass is 554 g/mol. The predicted molar refractivity (Wildman–Crippen MR) is 152 cm³/mol. The number of hydrogen-bond donors (Lipinski definition) is 4. The van der Waals surface area contributed by atoms with E-state index in [2.05, 4.69) is 10.6 Å². The molecule has 0 bridgehead atoms. The number of rotatable bonds is 11. The number of amides is 4. The van der Waals surface area contributed by atoms with Crippen LogP contribution < -0.4 is 16.4 Å². The third-order valence-electron chi connectivity index (χ3n) is 6.53. The Morgan fingerprint density at radius 3 is 2.17 bits per heavy atom. The third kappa shape index (κ3) is 8.72. The first-order valence-electron chi connectivity index (χ1n) is 13.3. The summed E-state index contributed by atoms with van der Waals surface area (Å²) in [5, 5.41) is 16.4. The number of carbonyl (C=O) groups is 4. The summed E-state index contributed by atoms with van der Waals surface area (Å²) in [6.07, 6.45) is -1.03. The van der Waals surface area contributed by atoms with Gasteiger partial charge in [-0.3, -0.25) is 14.4 Å².